The summed E-state index contributed by atoms with van der Waals surface area (Å²) >= 11 is 0. The summed E-state index contributed by atoms with van der Waals surface area (Å²) in [7, 11) is 0. The van der Waals surface area contributed by atoms with Gasteiger partial charge in [0, 0.05) is 19.3 Å². The van der Waals surface area contributed by atoms with Gasteiger partial charge in [0.05, 0.1) is 0 Å². The largest absolute Gasteiger partial charge is 0.462 e. The molecule has 0 aromatic rings. The molecule has 0 heterocycles. The van der Waals surface area contributed by atoms with Crippen molar-refractivity contribution in [2.75, 3.05) is 13.2 Å². The molecule has 0 aliphatic heterocycles. The Balaban J connectivity index is 4.13. The second kappa shape index (κ2) is 53.7. The van der Waals surface area contributed by atoms with Crippen LogP contribution in [0.2, 0.25) is 0 Å². The Morgan fingerprint density at radius 3 is 0.938 bits per heavy atom. The molecule has 6 heteroatoms. The highest BCUT2D eigenvalue weighted by Crippen LogP contribution is 2.16. The van der Waals surface area contributed by atoms with Crippen LogP contribution >= 0.6 is 0 Å². The van der Waals surface area contributed by atoms with Crippen molar-refractivity contribution < 1.29 is 28.6 Å². The van der Waals surface area contributed by atoms with E-state index in [1.54, 1.807) is 0 Å². The Kier molecular flexibility index (Phi) is 51.3. The van der Waals surface area contributed by atoms with E-state index in [4.69, 9.17) is 14.2 Å². The van der Waals surface area contributed by atoms with E-state index in [2.05, 4.69) is 81.5 Å². The minimum Gasteiger partial charge on any atom is -0.462 e. The van der Waals surface area contributed by atoms with Gasteiger partial charge in [0.15, 0.2) is 6.10 Å². The summed E-state index contributed by atoms with van der Waals surface area (Å²) in [5.41, 5.74) is 0. The zero-order valence-corrected chi connectivity index (χ0v) is 43.0. The van der Waals surface area contributed by atoms with E-state index >= 15 is 0 Å². The fourth-order valence-electron chi connectivity index (χ4n) is 7.88. The molecular formula is C59H104O6. The van der Waals surface area contributed by atoms with E-state index in [1.165, 1.54) is 148 Å². The Morgan fingerprint density at radius 1 is 0.323 bits per heavy atom. The molecule has 0 aliphatic rings. The van der Waals surface area contributed by atoms with Gasteiger partial charge in [0.2, 0.25) is 0 Å². The number of unbranched alkanes of at least 4 members (excludes halogenated alkanes) is 29. The van der Waals surface area contributed by atoms with E-state index in [0.717, 1.165) is 89.9 Å². The maximum Gasteiger partial charge on any atom is 0.306 e. The van der Waals surface area contributed by atoms with Crippen molar-refractivity contribution in [1.82, 2.24) is 0 Å². The van der Waals surface area contributed by atoms with Crippen molar-refractivity contribution >= 4 is 17.9 Å². The SMILES string of the molecule is CC/C=C\C/C=C\C/C=C\C/C=C\C/C=C\CCCCCCCCCCCCCC(=O)OCC(COC(=O)CCCCCCCCCC)OC(=O)CCCCCCCCCCCCCC. The Morgan fingerprint density at radius 2 is 0.600 bits per heavy atom. The molecule has 0 fully saturated rings. The standard InChI is InChI=1S/C59H104O6/c1-4-7-10-13-16-19-21-23-24-25-26-27-28-29-30-31-32-33-34-35-36-37-39-40-43-46-49-52-58(61)64-55-56(54-63-57(60)51-48-45-42-18-15-12-9-6-3)65-59(62)53-50-47-44-41-38-22-20-17-14-11-8-5-2/h7,10,16,19,23-24,26-27,29-30,56H,4-6,8-9,11-15,17-18,20-22,25,28,31-55H2,1-3H3/b10-7-,19-16-,24-23-,27-26-,30-29-. The quantitative estimate of drug-likeness (QED) is 0.0262. The predicted octanol–water partition coefficient (Wildman–Crippen LogP) is 18.4. The maximum absolute atomic E-state index is 12.8. The third-order valence-corrected chi connectivity index (χ3v) is 12.0. The number of ether oxygens (including phenoxy) is 3. The summed E-state index contributed by atoms with van der Waals surface area (Å²) in [6.45, 7) is 6.51. The Bertz CT molecular complexity index is 1180. The van der Waals surface area contributed by atoms with Crippen LogP contribution in [0.15, 0.2) is 60.8 Å². The molecule has 65 heavy (non-hydrogen) atoms. The van der Waals surface area contributed by atoms with Crippen LogP contribution in [0.5, 0.6) is 0 Å². The number of rotatable bonds is 50. The van der Waals surface area contributed by atoms with Gasteiger partial charge in [-0.1, -0.05) is 255 Å². The van der Waals surface area contributed by atoms with E-state index in [1.807, 2.05) is 0 Å². The van der Waals surface area contributed by atoms with Gasteiger partial charge in [-0.15, -0.1) is 0 Å². The molecule has 0 spiro atoms. The van der Waals surface area contributed by atoms with Gasteiger partial charge in [-0.05, 0) is 64.2 Å². The van der Waals surface area contributed by atoms with Crippen LogP contribution in [-0.4, -0.2) is 37.2 Å². The number of allylic oxidation sites excluding steroid dienone is 10. The van der Waals surface area contributed by atoms with Gasteiger partial charge in [-0.2, -0.15) is 0 Å². The lowest BCUT2D eigenvalue weighted by Gasteiger charge is -2.18. The molecule has 376 valence electrons. The van der Waals surface area contributed by atoms with Crippen LogP contribution in [-0.2, 0) is 28.6 Å². The maximum atomic E-state index is 12.8. The fraction of sp³-hybridized carbons (Fsp3) is 0.780. The number of esters is 3. The first-order chi connectivity index (χ1) is 32.0. The third kappa shape index (κ3) is 51.9. The smallest absolute Gasteiger partial charge is 0.306 e. The van der Waals surface area contributed by atoms with Crippen molar-refractivity contribution in [2.45, 2.75) is 284 Å². The Labute approximate surface area is 402 Å². The van der Waals surface area contributed by atoms with Crippen LogP contribution in [0.4, 0.5) is 0 Å². The highest BCUT2D eigenvalue weighted by Gasteiger charge is 2.19. The number of carbonyl (C=O) groups is 3. The number of hydrogen-bond acceptors (Lipinski definition) is 6. The van der Waals surface area contributed by atoms with Gasteiger partial charge < -0.3 is 14.2 Å². The highest BCUT2D eigenvalue weighted by atomic mass is 16.6. The molecule has 0 N–H and O–H groups in total. The Hall–Kier alpha value is -2.89. The lowest BCUT2D eigenvalue weighted by molar-refractivity contribution is -0.167. The monoisotopic (exact) mass is 909 g/mol. The summed E-state index contributed by atoms with van der Waals surface area (Å²) < 4.78 is 16.8. The molecule has 0 saturated heterocycles. The van der Waals surface area contributed by atoms with E-state index in [0.29, 0.717) is 19.3 Å². The van der Waals surface area contributed by atoms with Gasteiger partial charge >= 0.3 is 17.9 Å². The van der Waals surface area contributed by atoms with Gasteiger partial charge in [-0.3, -0.25) is 14.4 Å². The molecule has 1 unspecified atom stereocenters. The zero-order chi connectivity index (χ0) is 47.2. The molecule has 0 saturated carbocycles. The van der Waals surface area contributed by atoms with Crippen molar-refractivity contribution in [1.29, 1.82) is 0 Å². The molecule has 1 atom stereocenters. The topological polar surface area (TPSA) is 78.9 Å². The minimum atomic E-state index is -0.768. The molecule has 6 nitrogen and oxygen atoms in total. The minimum absolute atomic E-state index is 0.0710. The van der Waals surface area contributed by atoms with Gasteiger partial charge in [-0.25, -0.2) is 0 Å². The summed E-state index contributed by atoms with van der Waals surface area (Å²) in [6, 6.07) is 0. The van der Waals surface area contributed by atoms with E-state index < -0.39 is 6.10 Å². The summed E-state index contributed by atoms with van der Waals surface area (Å²) in [6.07, 6.45) is 66.6. The second-order valence-electron chi connectivity index (χ2n) is 18.5. The predicted molar refractivity (Wildman–Crippen MR) is 279 cm³/mol. The van der Waals surface area contributed by atoms with Crippen LogP contribution in [0.1, 0.15) is 278 Å². The molecule has 0 bridgehead atoms. The molecule has 0 aromatic carbocycles. The van der Waals surface area contributed by atoms with E-state index in [-0.39, 0.29) is 31.1 Å². The van der Waals surface area contributed by atoms with Crippen LogP contribution < -0.4 is 0 Å². The third-order valence-electron chi connectivity index (χ3n) is 12.0. The molecule has 0 radical (unpaired) electrons. The van der Waals surface area contributed by atoms with Crippen LogP contribution in [0, 0.1) is 0 Å². The first-order valence-electron chi connectivity index (χ1n) is 27.8. The molecule has 0 aliphatic carbocycles. The average molecular weight is 909 g/mol. The lowest BCUT2D eigenvalue weighted by atomic mass is 10.0. The average Bonchev–Trinajstić information content (AvgIpc) is 3.30. The number of carbonyl (C=O) groups excluding carboxylic acids is 3. The highest BCUT2D eigenvalue weighted by molar-refractivity contribution is 5.71. The van der Waals surface area contributed by atoms with Crippen LogP contribution in [0.25, 0.3) is 0 Å². The van der Waals surface area contributed by atoms with Crippen molar-refractivity contribution in [3.05, 3.63) is 60.8 Å². The first kappa shape index (κ1) is 62.1. The molecule has 0 amide bonds. The van der Waals surface area contributed by atoms with E-state index in [9.17, 15) is 14.4 Å². The van der Waals surface area contributed by atoms with Crippen molar-refractivity contribution in [3.8, 4) is 0 Å². The van der Waals surface area contributed by atoms with Crippen molar-refractivity contribution in [2.24, 2.45) is 0 Å². The van der Waals surface area contributed by atoms with Crippen molar-refractivity contribution in [3.63, 3.8) is 0 Å². The molecular weight excluding hydrogens is 805 g/mol. The molecule has 0 rings (SSSR count). The summed E-state index contributed by atoms with van der Waals surface area (Å²) in [5.74, 6) is -0.870. The van der Waals surface area contributed by atoms with Gasteiger partial charge in [0.25, 0.3) is 0 Å². The zero-order valence-electron chi connectivity index (χ0n) is 43.0. The normalized spacial score (nSPS) is 12.5. The first-order valence-corrected chi connectivity index (χ1v) is 27.8. The molecule has 0 aromatic heterocycles. The lowest BCUT2D eigenvalue weighted by Crippen LogP contribution is -2.30. The summed E-state index contributed by atoms with van der Waals surface area (Å²) in [4.78, 5) is 37.9. The van der Waals surface area contributed by atoms with Crippen LogP contribution in [0.3, 0.4) is 0 Å². The summed E-state index contributed by atoms with van der Waals surface area (Å²) in [5, 5.41) is 0. The fourth-order valence-corrected chi connectivity index (χ4v) is 7.88. The number of hydrogen-bond donors (Lipinski definition) is 0. The van der Waals surface area contributed by atoms with Gasteiger partial charge in [0.1, 0.15) is 13.2 Å². The second-order valence-corrected chi connectivity index (χ2v) is 18.5.